The summed E-state index contributed by atoms with van der Waals surface area (Å²) in [6, 6.07) is -0.360. The SMILES string of the molecule is NS(=O)(=O)C1CCCC(NC(=O)C2CCC(C(F)(F)F)CC2OC2CCCCC2Cl)C1. The molecular weight excluding hydrogens is 457 g/mol. The third-order valence-electron chi connectivity index (χ3n) is 7.00. The zero-order valence-corrected chi connectivity index (χ0v) is 19.0. The fraction of sp³-hybridized carbons (Fsp3) is 0.950. The average molecular weight is 489 g/mol. The van der Waals surface area contributed by atoms with Crippen LogP contribution in [-0.4, -0.2) is 49.4 Å². The number of sulfonamides is 1. The van der Waals surface area contributed by atoms with Crippen molar-refractivity contribution in [1.29, 1.82) is 0 Å². The molecule has 7 atom stereocenters. The fourth-order valence-electron chi connectivity index (χ4n) is 5.19. The van der Waals surface area contributed by atoms with Crippen molar-refractivity contribution < 1.29 is 31.1 Å². The molecule has 3 aliphatic rings. The number of nitrogens with one attached hydrogen (secondary N) is 1. The zero-order chi connectivity index (χ0) is 22.8. The third kappa shape index (κ3) is 6.71. The van der Waals surface area contributed by atoms with Crippen molar-refractivity contribution in [3.63, 3.8) is 0 Å². The Labute approximate surface area is 186 Å². The number of alkyl halides is 4. The Morgan fingerprint density at radius 3 is 2.32 bits per heavy atom. The van der Waals surface area contributed by atoms with Gasteiger partial charge in [-0.2, -0.15) is 13.2 Å². The first-order chi connectivity index (χ1) is 14.4. The normalized spacial score (nSPS) is 37.9. The van der Waals surface area contributed by atoms with Crippen LogP contribution in [0.25, 0.3) is 0 Å². The molecule has 3 rings (SSSR count). The lowest BCUT2D eigenvalue weighted by atomic mass is 9.78. The lowest BCUT2D eigenvalue weighted by Gasteiger charge is -2.40. The highest BCUT2D eigenvalue weighted by atomic mass is 35.5. The van der Waals surface area contributed by atoms with Gasteiger partial charge in [0, 0.05) is 6.04 Å². The maximum Gasteiger partial charge on any atom is 0.391 e. The standard InChI is InChI=1S/C20H32ClF3N2O4S/c21-16-6-1-2-7-17(16)30-18-10-12(20(22,23)24)8-9-15(18)19(27)26-13-4-3-5-14(11-13)31(25,28)29/h12-18H,1-11H2,(H,26,27)(H2,25,28,29). The fourth-order valence-corrected chi connectivity index (χ4v) is 6.52. The van der Waals surface area contributed by atoms with Crippen molar-refractivity contribution in [2.75, 3.05) is 0 Å². The molecule has 0 aromatic rings. The van der Waals surface area contributed by atoms with Gasteiger partial charge in [0.05, 0.1) is 34.7 Å². The van der Waals surface area contributed by atoms with Crippen molar-refractivity contribution in [3.05, 3.63) is 0 Å². The summed E-state index contributed by atoms with van der Waals surface area (Å²) < 4.78 is 69.5. The van der Waals surface area contributed by atoms with E-state index >= 15 is 0 Å². The van der Waals surface area contributed by atoms with E-state index in [1.807, 2.05) is 0 Å². The minimum absolute atomic E-state index is 0.0751. The van der Waals surface area contributed by atoms with Gasteiger partial charge in [-0.15, -0.1) is 11.6 Å². The molecule has 3 fully saturated rings. The molecule has 0 heterocycles. The Morgan fingerprint density at radius 2 is 1.68 bits per heavy atom. The molecule has 31 heavy (non-hydrogen) atoms. The quantitative estimate of drug-likeness (QED) is 0.577. The number of halogens is 4. The van der Waals surface area contributed by atoms with E-state index in [0.717, 1.165) is 19.3 Å². The van der Waals surface area contributed by atoms with E-state index in [1.165, 1.54) is 0 Å². The number of ether oxygens (including phenoxy) is 1. The van der Waals surface area contributed by atoms with Crippen LogP contribution in [0, 0.1) is 11.8 Å². The van der Waals surface area contributed by atoms with Crippen molar-refractivity contribution in [2.24, 2.45) is 17.0 Å². The largest absolute Gasteiger partial charge is 0.391 e. The van der Waals surface area contributed by atoms with Gasteiger partial charge in [-0.3, -0.25) is 4.79 Å². The van der Waals surface area contributed by atoms with Crippen molar-refractivity contribution >= 4 is 27.5 Å². The molecule has 3 aliphatic carbocycles. The number of rotatable bonds is 5. The van der Waals surface area contributed by atoms with Gasteiger partial charge in [0.15, 0.2) is 0 Å². The van der Waals surface area contributed by atoms with E-state index in [-0.39, 0.29) is 49.1 Å². The van der Waals surface area contributed by atoms with Crippen LogP contribution < -0.4 is 10.5 Å². The second kappa shape index (κ2) is 10.1. The van der Waals surface area contributed by atoms with Gasteiger partial charge in [0.1, 0.15) is 0 Å². The average Bonchev–Trinajstić information content (AvgIpc) is 2.68. The predicted molar refractivity (Wildman–Crippen MR) is 111 cm³/mol. The first-order valence-electron chi connectivity index (χ1n) is 11.1. The summed E-state index contributed by atoms with van der Waals surface area (Å²) in [5.74, 6) is -2.58. The predicted octanol–water partition coefficient (Wildman–Crippen LogP) is 3.62. The van der Waals surface area contributed by atoms with Crippen LogP contribution in [0.1, 0.15) is 70.6 Å². The molecule has 0 saturated heterocycles. The summed E-state index contributed by atoms with van der Waals surface area (Å²) in [7, 11) is -3.69. The van der Waals surface area contributed by atoms with Gasteiger partial charge in [-0.1, -0.05) is 19.3 Å². The highest BCUT2D eigenvalue weighted by molar-refractivity contribution is 7.89. The van der Waals surface area contributed by atoms with E-state index in [1.54, 1.807) is 0 Å². The number of nitrogens with two attached hydrogens (primary N) is 1. The molecule has 0 aromatic carbocycles. The summed E-state index contributed by atoms with van der Waals surface area (Å²) in [4.78, 5) is 13.0. The van der Waals surface area contributed by atoms with Crippen LogP contribution in [0.15, 0.2) is 0 Å². The van der Waals surface area contributed by atoms with E-state index in [4.69, 9.17) is 21.5 Å². The number of primary sulfonamides is 1. The van der Waals surface area contributed by atoms with E-state index in [9.17, 15) is 26.4 Å². The second-order valence-electron chi connectivity index (χ2n) is 9.25. The molecule has 3 saturated carbocycles. The first-order valence-corrected chi connectivity index (χ1v) is 13.2. The van der Waals surface area contributed by atoms with Gasteiger partial charge in [0.25, 0.3) is 0 Å². The lowest BCUT2D eigenvalue weighted by molar-refractivity contribution is -0.203. The molecule has 7 unspecified atom stereocenters. The van der Waals surface area contributed by atoms with Gasteiger partial charge in [-0.25, -0.2) is 13.6 Å². The lowest BCUT2D eigenvalue weighted by Crippen LogP contribution is -2.51. The zero-order valence-electron chi connectivity index (χ0n) is 17.5. The van der Waals surface area contributed by atoms with Gasteiger partial charge in [-0.05, 0) is 51.4 Å². The minimum Gasteiger partial charge on any atom is -0.373 e. The molecule has 180 valence electrons. The summed E-state index contributed by atoms with van der Waals surface area (Å²) in [6.45, 7) is 0. The Morgan fingerprint density at radius 1 is 0.968 bits per heavy atom. The monoisotopic (exact) mass is 488 g/mol. The summed E-state index contributed by atoms with van der Waals surface area (Å²) in [5.41, 5.74) is 0. The number of amides is 1. The van der Waals surface area contributed by atoms with Crippen LogP contribution in [0.3, 0.4) is 0 Å². The first kappa shape index (κ1) is 25.1. The molecule has 0 spiro atoms. The highest BCUT2D eigenvalue weighted by Crippen LogP contribution is 2.42. The van der Waals surface area contributed by atoms with Crippen LogP contribution in [-0.2, 0) is 19.6 Å². The van der Waals surface area contributed by atoms with Crippen LogP contribution >= 0.6 is 11.6 Å². The Bertz CT molecular complexity index is 736. The number of hydrogen-bond donors (Lipinski definition) is 2. The van der Waals surface area contributed by atoms with Gasteiger partial charge >= 0.3 is 6.18 Å². The molecule has 0 radical (unpaired) electrons. The van der Waals surface area contributed by atoms with E-state index < -0.39 is 39.4 Å². The Hall–Kier alpha value is -0.580. The highest BCUT2D eigenvalue weighted by Gasteiger charge is 2.48. The summed E-state index contributed by atoms with van der Waals surface area (Å²) >= 11 is 6.35. The van der Waals surface area contributed by atoms with E-state index in [0.29, 0.717) is 25.7 Å². The second-order valence-corrected chi connectivity index (χ2v) is 11.7. The molecule has 0 aliphatic heterocycles. The molecule has 6 nitrogen and oxygen atoms in total. The van der Waals surface area contributed by atoms with Gasteiger partial charge in [0.2, 0.25) is 15.9 Å². The van der Waals surface area contributed by atoms with E-state index in [2.05, 4.69) is 5.32 Å². The minimum atomic E-state index is -4.33. The Balaban J connectivity index is 1.68. The number of hydrogen-bond acceptors (Lipinski definition) is 4. The molecular formula is C20H32ClF3N2O4S. The molecule has 0 bridgehead atoms. The maximum atomic E-state index is 13.4. The van der Waals surface area contributed by atoms with Crippen molar-refractivity contribution in [3.8, 4) is 0 Å². The van der Waals surface area contributed by atoms with Gasteiger partial charge < -0.3 is 10.1 Å². The summed E-state index contributed by atoms with van der Waals surface area (Å²) in [6.07, 6.45) is -0.669. The molecule has 0 aromatic heterocycles. The number of carbonyl (C=O) groups excluding carboxylic acids is 1. The maximum absolute atomic E-state index is 13.4. The Kier molecular flexibility index (Phi) is 8.19. The smallest absolute Gasteiger partial charge is 0.373 e. The van der Waals surface area contributed by atoms with Crippen LogP contribution in [0.2, 0.25) is 0 Å². The van der Waals surface area contributed by atoms with Crippen LogP contribution in [0.4, 0.5) is 13.2 Å². The molecule has 3 N–H and O–H groups in total. The molecule has 1 amide bonds. The molecule has 11 heteroatoms. The topological polar surface area (TPSA) is 98.5 Å². The number of carbonyl (C=O) groups is 1. The summed E-state index contributed by atoms with van der Waals surface area (Å²) in [5, 5.41) is 7.16. The van der Waals surface area contributed by atoms with Crippen molar-refractivity contribution in [2.45, 2.75) is 106 Å². The van der Waals surface area contributed by atoms with Crippen LogP contribution in [0.5, 0.6) is 0 Å². The third-order valence-corrected chi connectivity index (χ3v) is 8.86. The van der Waals surface area contributed by atoms with Crippen molar-refractivity contribution in [1.82, 2.24) is 5.32 Å².